The zero-order valence-electron chi connectivity index (χ0n) is 11.9. The molecule has 2 rings (SSSR count). The summed E-state index contributed by atoms with van der Waals surface area (Å²) >= 11 is 0. The summed E-state index contributed by atoms with van der Waals surface area (Å²) in [7, 11) is 1.59. The van der Waals surface area contributed by atoms with Gasteiger partial charge in [0.25, 0.3) is 0 Å². The second-order valence-electron chi connectivity index (χ2n) is 5.06. The molecule has 1 aliphatic rings. The van der Waals surface area contributed by atoms with Gasteiger partial charge in [0.1, 0.15) is 5.75 Å². The van der Waals surface area contributed by atoms with E-state index in [2.05, 4.69) is 5.32 Å². The maximum Gasteiger partial charge on any atom is 0.307 e. The lowest BCUT2D eigenvalue weighted by atomic mass is 9.82. The molecule has 1 aliphatic carbocycles. The van der Waals surface area contributed by atoms with E-state index < -0.39 is 17.8 Å². The van der Waals surface area contributed by atoms with Gasteiger partial charge in [-0.15, -0.1) is 0 Å². The summed E-state index contributed by atoms with van der Waals surface area (Å²) < 4.78 is 5.13. The molecule has 112 valence electrons. The van der Waals surface area contributed by atoms with Gasteiger partial charge in [-0.3, -0.25) is 9.59 Å². The minimum atomic E-state index is -0.916. The molecule has 2 N–H and O–H groups in total. The highest BCUT2D eigenvalue weighted by Crippen LogP contribution is 2.26. The summed E-state index contributed by atoms with van der Waals surface area (Å²) in [6, 6.07) is 7.41. The molecular formula is C16H19NO4. The van der Waals surface area contributed by atoms with Crippen LogP contribution >= 0.6 is 0 Å². The molecule has 1 amide bonds. The number of carbonyl (C=O) groups excluding carboxylic acids is 1. The van der Waals surface area contributed by atoms with Crippen LogP contribution in [0.4, 0.5) is 0 Å². The van der Waals surface area contributed by atoms with Crippen LogP contribution in [0.2, 0.25) is 0 Å². The van der Waals surface area contributed by atoms with Crippen molar-refractivity contribution in [3.63, 3.8) is 0 Å². The number of carbonyl (C=O) groups is 2. The number of aliphatic carboxylic acids is 1. The number of benzene rings is 1. The quantitative estimate of drug-likeness (QED) is 0.813. The SMILES string of the molecule is COc1cccc(CNC(=O)[C@@H]2CC=CC[C@@H]2C(=O)O)c1. The zero-order valence-corrected chi connectivity index (χ0v) is 11.9. The Hall–Kier alpha value is -2.30. The standard InChI is InChI=1S/C16H19NO4/c1-21-12-6-4-5-11(9-12)10-17-15(18)13-7-2-3-8-14(13)16(19)20/h2-6,9,13-14H,7-8,10H2,1H3,(H,17,18)(H,19,20)/t13-,14+/m1/s1. The van der Waals surface area contributed by atoms with Crippen molar-refractivity contribution >= 4 is 11.9 Å². The molecule has 2 atom stereocenters. The topological polar surface area (TPSA) is 75.6 Å². The summed E-state index contributed by atoms with van der Waals surface area (Å²) in [6.45, 7) is 0.364. The number of carboxylic acid groups (broad SMARTS) is 1. The van der Waals surface area contributed by atoms with Gasteiger partial charge in [0.2, 0.25) is 5.91 Å². The third-order valence-corrected chi connectivity index (χ3v) is 3.69. The summed E-state index contributed by atoms with van der Waals surface area (Å²) in [5.41, 5.74) is 0.918. The smallest absolute Gasteiger partial charge is 0.307 e. The maximum absolute atomic E-state index is 12.2. The number of rotatable bonds is 5. The van der Waals surface area contributed by atoms with Gasteiger partial charge >= 0.3 is 5.97 Å². The molecule has 0 heterocycles. The highest BCUT2D eigenvalue weighted by Gasteiger charge is 2.33. The lowest BCUT2D eigenvalue weighted by Crippen LogP contribution is -2.38. The molecule has 0 bridgehead atoms. The number of hydrogen-bond donors (Lipinski definition) is 2. The van der Waals surface area contributed by atoms with Gasteiger partial charge in [-0.05, 0) is 30.5 Å². The van der Waals surface area contributed by atoms with Gasteiger partial charge < -0.3 is 15.2 Å². The van der Waals surface area contributed by atoms with E-state index in [9.17, 15) is 14.7 Å². The first kappa shape index (κ1) is 15.1. The van der Waals surface area contributed by atoms with Crippen LogP contribution in [-0.2, 0) is 16.1 Å². The van der Waals surface area contributed by atoms with Crippen LogP contribution in [-0.4, -0.2) is 24.1 Å². The first-order valence-electron chi connectivity index (χ1n) is 6.90. The molecule has 1 aromatic rings. The van der Waals surface area contributed by atoms with Crippen LogP contribution in [0.25, 0.3) is 0 Å². The number of methoxy groups -OCH3 is 1. The fourth-order valence-corrected chi connectivity index (χ4v) is 2.48. The molecular weight excluding hydrogens is 270 g/mol. The van der Waals surface area contributed by atoms with E-state index in [-0.39, 0.29) is 5.91 Å². The van der Waals surface area contributed by atoms with E-state index in [4.69, 9.17) is 4.74 Å². The number of ether oxygens (including phenoxy) is 1. The number of hydrogen-bond acceptors (Lipinski definition) is 3. The minimum absolute atomic E-state index is 0.213. The Balaban J connectivity index is 1.97. The Bertz CT molecular complexity index is 553. The highest BCUT2D eigenvalue weighted by molar-refractivity contribution is 5.85. The average molecular weight is 289 g/mol. The zero-order chi connectivity index (χ0) is 15.2. The predicted molar refractivity (Wildman–Crippen MR) is 77.8 cm³/mol. The van der Waals surface area contributed by atoms with Gasteiger partial charge in [0.15, 0.2) is 0 Å². The lowest BCUT2D eigenvalue weighted by Gasteiger charge is -2.24. The molecule has 0 saturated heterocycles. The highest BCUT2D eigenvalue weighted by atomic mass is 16.5. The van der Waals surface area contributed by atoms with Crippen molar-refractivity contribution < 1.29 is 19.4 Å². The Labute approximate surface area is 123 Å². The largest absolute Gasteiger partial charge is 0.497 e. The van der Waals surface area contributed by atoms with Gasteiger partial charge in [0.05, 0.1) is 18.9 Å². The van der Waals surface area contributed by atoms with Crippen molar-refractivity contribution in [2.45, 2.75) is 19.4 Å². The van der Waals surface area contributed by atoms with Crippen LogP contribution in [0.3, 0.4) is 0 Å². The van der Waals surface area contributed by atoms with Crippen molar-refractivity contribution in [1.82, 2.24) is 5.32 Å². The van der Waals surface area contributed by atoms with Gasteiger partial charge in [0, 0.05) is 6.54 Å². The van der Waals surface area contributed by atoms with Crippen LogP contribution in [0.5, 0.6) is 5.75 Å². The average Bonchev–Trinajstić information content (AvgIpc) is 2.52. The second kappa shape index (κ2) is 6.92. The van der Waals surface area contributed by atoms with Crippen molar-refractivity contribution in [1.29, 1.82) is 0 Å². The third kappa shape index (κ3) is 3.84. The molecule has 0 fully saturated rings. The lowest BCUT2D eigenvalue weighted by molar-refractivity contribution is -0.147. The molecule has 0 saturated carbocycles. The molecule has 21 heavy (non-hydrogen) atoms. The fraction of sp³-hybridized carbons (Fsp3) is 0.375. The number of allylic oxidation sites excluding steroid dienone is 2. The fourth-order valence-electron chi connectivity index (χ4n) is 2.48. The van der Waals surface area contributed by atoms with Crippen molar-refractivity contribution in [2.24, 2.45) is 11.8 Å². The third-order valence-electron chi connectivity index (χ3n) is 3.69. The van der Waals surface area contributed by atoms with E-state index in [1.54, 1.807) is 7.11 Å². The summed E-state index contributed by atoms with van der Waals surface area (Å²) in [6.07, 6.45) is 4.58. The second-order valence-corrected chi connectivity index (χ2v) is 5.06. The van der Waals surface area contributed by atoms with Crippen LogP contribution in [0, 0.1) is 11.8 Å². The Kier molecular flexibility index (Phi) is 4.98. The van der Waals surface area contributed by atoms with Crippen LogP contribution in [0.1, 0.15) is 18.4 Å². The monoisotopic (exact) mass is 289 g/mol. The normalized spacial score (nSPS) is 20.8. The number of amides is 1. The molecule has 0 aliphatic heterocycles. The number of nitrogens with one attached hydrogen (secondary N) is 1. The van der Waals surface area contributed by atoms with E-state index in [1.165, 1.54) is 0 Å². The Morgan fingerprint density at radius 2 is 2.00 bits per heavy atom. The first-order chi connectivity index (χ1) is 10.1. The summed E-state index contributed by atoms with van der Waals surface area (Å²) in [5.74, 6) is -1.54. The molecule has 0 radical (unpaired) electrons. The van der Waals surface area contributed by atoms with E-state index in [0.717, 1.165) is 11.3 Å². The molecule has 5 heteroatoms. The molecule has 5 nitrogen and oxygen atoms in total. The van der Waals surface area contributed by atoms with Crippen molar-refractivity contribution in [2.75, 3.05) is 7.11 Å². The summed E-state index contributed by atoms with van der Waals surface area (Å²) in [5, 5.41) is 12.0. The van der Waals surface area contributed by atoms with E-state index in [1.807, 2.05) is 36.4 Å². The van der Waals surface area contributed by atoms with Gasteiger partial charge in [-0.1, -0.05) is 24.3 Å². The predicted octanol–water partition coefficient (Wildman–Crippen LogP) is 1.98. The maximum atomic E-state index is 12.2. The number of carboxylic acids is 1. The Morgan fingerprint density at radius 1 is 1.29 bits per heavy atom. The molecule has 0 aromatic heterocycles. The van der Waals surface area contributed by atoms with Crippen LogP contribution < -0.4 is 10.1 Å². The van der Waals surface area contributed by atoms with Crippen LogP contribution in [0.15, 0.2) is 36.4 Å². The summed E-state index contributed by atoms with van der Waals surface area (Å²) in [4.78, 5) is 23.4. The molecule has 0 spiro atoms. The minimum Gasteiger partial charge on any atom is -0.497 e. The van der Waals surface area contributed by atoms with E-state index in [0.29, 0.717) is 19.4 Å². The van der Waals surface area contributed by atoms with E-state index >= 15 is 0 Å². The Morgan fingerprint density at radius 3 is 2.67 bits per heavy atom. The molecule has 1 aromatic carbocycles. The van der Waals surface area contributed by atoms with Gasteiger partial charge in [-0.2, -0.15) is 0 Å². The first-order valence-corrected chi connectivity index (χ1v) is 6.90. The van der Waals surface area contributed by atoms with Crippen molar-refractivity contribution in [3.8, 4) is 5.75 Å². The van der Waals surface area contributed by atoms with Crippen molar-refractivity contribution in [3.05, 3.63) is 42.0 Å². The van der Waals surface area contributed by atoms with Gasteiger partial charge in [-0.25, -0.2) is 0 Å². The molecule has 0 unspecified atom stereocenters.